The molecule has 0 aliphatic rings. The zero-order valence-electron chi connectivity index (χ0n) is 18.9. The van der Waals surface area contributed by atoms with E-state index in [9.17, 15) is 15.0 Å². The monoisotopic (exact) mass is 514 g/mol. The molecule has 5 nitrogen and oxygen atoms in total. The summed E-state index contributed by atoms with van der Waals surface area (Å²) in [5.41, 5.74) is 5.56. The Kier molecular flexibility index (Phi) is 6.51. The van der Waals surface area contributed by atoms with E-state index in [2.05, 4.69) is 0 Å². The number of aromatic hydroxyl groups is 1. The number of imidazole rings is 1. The summed E-state index contributed by atoms with van der Waals surface area (Å²) in [7, 11) is 0. The topological polar surface area (TPSA) is 75.3 Å². The molecule has 0 atom stereocenters. The first-order valence-electron chi connectivity index (χ1n) is 11.1. The molecule has 0 fully saturated rings. The van der Waals surface area contributed by atoms with Gasteiger partial charge in [0.25, 0.3) is 0 Å². The van der Waals surface area contributed by atoms with Crippen molar-refractivity contribution < 1.29 is 15.0 Å². The second-order valence-corrected chi connectivity index (χ2v) is 9.15. The summed E-state index contributed by atoms with van der Waals surface area (Å²) in [6.45, 7) is 0. The maximum Gasteiger partial charge on any atom is 0.335 e. The molecule has 2 N–H and O–H groups in total. The van der Waals surface area contributed by atoms with Gasteiger partial charge in [-0.25, -0.2) is 9.78 Å². The normalized spacial score (nSPS) is 10.9. The first-order valence-corrected chi connectivity index (χ1v) is 11.9. The van der Waals surface area contributed by atoms with Crippen molar-refractivity contribution >= 4 is 29.2 Å². The van der Waals surface area contributed by atoms with Crippen LogP contribution in [0.15, 0.2) is 97.2 Å². The van der Waals surface area contributed by atoms with Crippen molar-refractivity contribution in [3.05, 3.63) is 124 Å². The first kappa shape index (κ1) is 23.7. The lowest BCUT2D eigenvalue weighted by molar-refractivity contribution is 0.0697. The van der Waals surface area contributed by atoms with E-state index >= 15 is 0 Å². The summed E-state index contributed by atoms with van der Waals surface area (Å²) in [4.78, 5) is 16.2. The van der Waals surface area contributed by atoms with E-state index in [-0.39, 0.29) is 11.3 Å². The third-order valence-electron chi connectivity index (χ3n) is 5.90. The quantitative estimate of drug-likeness (QED) is 0.246. The highest BCUT2D eigenvalue weighted by molar-refractivity contribution is 6.36. The van der Waals surface area contributed by atoms with Crippen LogP contribution in [0.25, 0.3) is 28.1 Å². The molecule has 0 radical (unpaired) electrons. The van der Waals surface area contributed by atoms with Gasteiger partial charge in [-0.05, 0) is 71.3 Å². The van der Waals surface area contributed by atoms with Crippen LogP contribution in [0.3, 0.4) is 0 Å². The molecule has 0 aliphatic carbocycles. The van der Waals surface area contributed by atoms with Gasteiger partial charge in [-0.1, -0.05) is 59.6 Å². The predicted molar refractivity (Wildman–Crippen MR) is 142 cm³/mol. The van der Waals surface area contributed by atoms with Crippen LogP contribution in [-0.4, -0.2) is 25.7 Å². The van der Waals surface area contributed by atoms with Gasteiger partial charge in [0.15, 0.2) is 0 Å². The van der Waals surface area contributed by atoms with Crippen molar-refractivity contribution in [3.8, 4) is 33.8 Å². The van der Waals surface area contributed by atoms with Gasteiger partial charge in [-0.2, -0.15) is 0 Å². The van der Waals surface area contributed by atoms with Crippen LogP contribution >= 0.6 is 23.2 Å². The summed E-state index contributed by atoms with van der Waals surface area (Å²) in [6.07, 6.45) is 2.44. The smallest absolute Gasteiger partial charge is 0.335 e. The highest BCUT2D eigenvalue weighted by atomic mass is 35.5. The van der Waals surface area contributed by atoms with E-state index in [4.69, 9.17) is 28.2 Å². The highest BCUT2D eigenvalue weighted by Crippen LogP contribution is 2.31. The lowest BCUT2D eigenvalue weighted by Gasteiger charge is -2.09. The Morgan fingerprint density at radius 2 is 1.47 bits per heavy atom. The molecule has 7 heteroatoms. The highest BCUT2D eigenvalue weighted by Gasteiger charge is 2.15. The Bertz CT molecular complexity index is 1540. The summed E-state index contributed by atoms with van der Waals surface area (Å²) < 4.78 is 1.94. The standard InChI is InChI=1S/C29H20Cl2N2O3/c30-22-9-14-25(26(31)16-22)27-17-33(23-10-5-21(6-11-23)29(35)36)28(32-27)15-18-1-3-19(4-2-18)20-7-12-24(34)13-8-20/h1-14,16-17,34H,15H2,(H,35,36). The van der Waals surface area contributed by atoms with E-state index in [0.717, 1.165) is 33.8 Å². The molecule has 5 aromatic rings. The second-order valence-electron chi connectivity index (χ2n) is 8.31. The number of halogens is 2. The van der Waals surface area contributed by atoms with Gasteiger partial charge in [0.1, 0.15) is 11.6 Å². The minimum atomic E-state index is -0.977. The van der Waals surface area contributed by atoms with Crippen LogP contribution in [0.5, 0.6) is 5.75 Å². The molecule has 5 rings (SSSR count). The Labute approximate surface area is 217 Å². The number of aromatic carboxylic acids is 1. The van der Waals surface area contributed by atoms with E-state index in [0.29, 0.717) is 22.2 Å². The third kappa shape index (κ3) is 4.98. The predicted octanol–water partition coefficient (Wildman–Crippen LogP) is 7.51. The molecule has 0 unspecified atom stereocenters. The van der Waals surface area contributed by atoms with E-state index in [1.165, 1.54) is 0 Å². The molecule has 0 spiro atoms. The summed E-state index contributed by atoms with van der Waals surface area (Å²) in [5.74, 6) is 0.0291. The SMILES string of the molecule is O=C(O)c1ccc(-n2cc(-c3ccc(Cl)cc3Cl)nc2Cc2ccc(-c3ccc(O)cc3)cc2)cc1. The van der Waals surface area contributed by atoms with Gasteiger partial charge in [0.2, 0.25) is 0 Å². The molecular formula is C29H20Cl2N2O3. The number of benzene rings is 4. The fraction of sp³-hybridized carbons (Fsp3) is 0.0345. The van der Waals surface area contributed by atoms with Crippen LogP contribution in [0, 0.1) is 0 Å². The van der Waals surface area contributed by atoms with Crippen molar-refractivity contribution in [2.24, 2.45) is 0 Å². The van der Waals surface area contributed by atoms with Crippen molar-refractivity contribution in [3.63, 3.8) is 0 Å². The van der Waals surface area contributed by atoms with Crippen LogP contribution < -0.4 is 0 Å². The van der Waals surface area contributed by atoms with Crippen LogP contribution in [-0.2, 0) is 6.42 Å². The second kappa shape index (κ2) is 9.90. The van der Waals surface area contributed by atoms with Gasteiger partial charge in [0, 0.05) is 28.9 Å². The molecule has 0 amide bonds. The summed E-state index contributed by atoms with van der Waals surface area (Å²) >= 11 is 12.5. The lowest BCUT2D eigenvalue weighted by atomic mass is 10.0. The molecule has 0 bridgehead atoms. The number of nitrogens with zero attached hydrogens (tertiary/aromatic N) is 2. The zero-order valence-corrected chi connectivity index (χ0v) is 20.4. The average Bonchev–Trinajstić information content (AvgIpc) is 3.28. The van der Waals surface area contributed by atoms with E-state index < -0.39 is 5.97 Å². The first-order chi connectivity index (χ1) is 17.4. The van der Waals surface area contributed by atoms with Gasteiger partial charge in [-0.3, -0.25) is 0 Å². The molecule has 4 aromatic carbocycles. The van der Waals surface area contributed by atoms with Crippen molar-refractivity contribution in [2.75, 3.05) is 0 Å². The Hall–Kier alpha value is -4.06. The summed E-state index contributed by atoms with van der Waals surface area (Å²) in [6, 6.07) is 27.2. The maximum absolute atomic E-state index is 11.3. The number of aromatic nitrogens is 2. The number of hydrogen-bond donors (Lipinski definition) is 2. The minimum Gasteiger partial charge on any atom is -0.508 e. The molecule has 36 heavy (non-hydrogen) atoms. The zero-order chi connectivity index (χ0) is 25.2. The number of carboxylic acids is 1. The number of carbonyl (C=O) groups is 1. The van der Waals surface area contributed by atoms with Gasteiger partial charge < -0.3 is 14.8 Å². The maximum atomic E-state index is 11.3. The fourth-order valence-electron chi connectivity index (χ4n) is 4.01. The van der Waals surface area contributed by atoms with Gasteiger partial charge in [-0.15, -0.1) is 0 Å². The van der Waals surface area contributed by atoms with Gasteiger partial charge >= 0.3 is 5.97 Å². The molecule has 1 heterocycles. The molecular weight excluding hydrogens is 495 g/mol. The number of phenolic OH excluding ortho intramolecular Hbond substituents is 1. The van der Waals surface area contributed by atoms with Crippen LogP contribution in [0.2, 0.25) is 10.0 Å². The Morgan fingerprint density at radius 3 is 2.08 bits per heavy atom. The molecule has 0 saturated carbocycles. The van der Waals surface area contributed by atoms with Crippen molar-refractivity contribution in [1.29, 1.82) is 0 Å². The van der Waals surface area contributed by atoms with Crippen molar-refractivity contribution in [1.82, 2.24) is 9.55 Å². The Balaban J connectivity index is 1.52. The number of hydrogen-bond acceptors (Lipinski definition) is 3. The molecule has 0 saturated heterocycles. The summed E-state index contributed by atoms with van der Waals surface area (Å²) in [5, 5.41) is 19.8. The fourth-order valence-corrected chi connectivity index (χ4v) is 4.52. The molecule has 0 aliphatic heterocycles. The number of carboxylic acid groups (broad SMARTS) is 1. The van der Waals surface area contributed by atoms with E-state index in [1.54, 1.807) is 48.5 Å². The molecule has 1 aromatic heterocycles. The minimum absolute atomic E-state index is 0.214. The van der Waals surface area contributed by atoms with E-state index in [1.807, 2.05) is 53.2 Å². The third-order valence-corrected chi connectivity index (χ3v) is 6.44. The van der Waals surface area contributed by atoms with Crippen LogP contribution in [0.1, 0.15) is 21.7 Å². The van der Waals surface area contributed by atoms with Gasteiger partial charge in [0.05, 0.1) is 16.3 Å². The number of phenols is 1. The Morgan fingerprint density at radius 1 is 0.833 bits per heavy atom. The number of rotatable bonds is 6. The van der Waals surface area contributed by atoms with Crippen LogP contribution in [0.4, 0.5) is 0 Å². The largest absolute Gasteiger partial charge is 0.508 e. The average molecular weight is 515 g/mol. The molecule has 178 valence electrons. The lowest BCUT2D eigenvalue weighted by Crippen LogP contribution is -2.03. The van der Waals surface area contributed by atoms with Crippen molar-refractivity contribution in [2.45, 2.75) is 6.42 Å².